The smallest absolute Gasteiger partial charge is 0.234 e. The van der Waals surface area contributed by atoms with Gasteiger partial charge in [-0.05, 0) is 38.4 Å². The van der Waals surface area contributed by atoms with E-state index in [-0.39, 0.29) is 5.91 Å². The fourth-order valence-electron chi connectivity index (χ4n) is 1.97. The van der Waals surface area contributed by atoms with Gasteiger partial charge in [-0.3, -0.25) is 9.69 Å². The molecule has 106 valence electrons. The van der Waals surface area contributed by atoms with E-state index in [4.69, 9.17) is 0 Å². The summed E-state index contributed by atoms with van der Waals surface area (Å²) in [4.78, 5) is 13.8. The molecule has 1 rings (SSSR count). The quantitative estimate of drug-likeness (QED) is 0.693. The Morgan fingerprint density at radius 2 is 1.95 bits per heavy atom. The number of likely N-dealkylation sites (N-methyl/N-ethyl adjacent to an activating group) is 1. The molecule has 0 bridgehead atoms. The number of hydrogen-bond acceptors (Lipinski definition) is 2. The molecule has 0 aliphatic carbocycles. The number of benzene rings is 1. The number of rotatable bonds is 9. The summed E-state index contributed by atoms with van der Waals surface area (Å²) in [7, 11) is 2.00. The van der Waals surface area contributed by atoms with E-state index in [0.29, 0.717) is 6.54 Å². The second kappa shape index (κ2) is 9.56. The highest BCUT2D eigenvalue weighted by molar-refractivity contribution is 5.77. The molecule has 1 N–H and O–H groups in total. The van der Waals surface area contributed by atoms with Crippen LogP contribution in [0.3, 0.4) is 0 Å². The Morgan fingerprint density at radius 1 is 1.21 bits per heavy atom. The highest BCUT2D eigenvalue weighted by Crippen LogP contribution is 2.01. The molecule has 0 aliphatic rings. The number of aryl methyl sites for hydroxylation is 1. The molecule has 0 saturated carbocycles. The van der Waals surface area contributed by atoms with Gasteiger partial charge in [0.2, 0.25) is 5.91 Å². The monoisotopic (exact) mass is 262 g/mol. The van der Waals surface area contributed by atoms with Crippen molar-refractivity contribution in [3.05, 3.63) is 35.9 Å². The summed E-state index contributed by atoms with van der Waals surface area (Å²) in [5, 5.41) is 2.98. The minimum absolute atomic E-state index is 0.131. The molecule has 0 radical (unpaired) electrons. The van der Waals surface area contributed by atoms with Crippen molar-refractivity contribution in [1.82, 2.24) is 10.2 Å². The summed E-state index contributed by atoms with van der Waals surface area (Å²) in [5.41, 5.74) is 1.33. The van der Waals surface area contributed by atoms with E-state index in [1.165, 1.54) is 12.0 Å². The summed E-state index contributed by atoms with van der Waals surface area (Å²) in [6.45, 7) is 4.42. The lowest BCUT2D eigenvalue weighted by Crippen LogP contribution is -2.36. The van der Waals surface area contributed by atoms with Crippen LogP contribution >= 0.6 is 0 Å². The van der Waals surface area contributed by atoms with Gasteiger partial charge in [0.05, 0.1) is 6.54 Å². The van der Waals surface area contributed by atoms with Gasteiger partial charge in [0.15, 0.2) is 0 Å². The third-order valence-corrected chi connectivity index (χ3v) is 3.11. The molecule has 0 aliphatic heterocycles. The Kier molecular flexibility index (Phi) is 7.91. The van der Waals surface area contributed by atoms with Crippen molar-refractivity contribution in [2.75, 3.05) is 26.7 Å². The molecule has 1 aromatic carbocycles. The summed E-state index contributed by atoms with van der Waals surface area (Å²) < 4.78 is 0. The predicted molar refractivity (Wildman–Crippen MR) is 80.2 cm³/mol. The van der Waals surface area contributed by atoms with E-state index in [0.717, 1.165) is 32.4 Å². The van der Waals surface area contributed by atoms with Gasteiger partial charge in [-0.15, -0.1) is 0 Å². The van der Waals surface area contributed by atoms with E-state index >= 15 is 0 Å². The van der Waals surface area contributed by atoms with Crippen molar-refractivity contribution in [1.29, 1.82) is 0 Å². The van der Waals surface area contributed by atoms with Crippen LogP contribution in [0.5, 0.6) is 0 Å². The third-order valence-electron chi connectivity index (χ3n) is 3.11. The summed E-state index contributed by atoms with van der Waals surface area (Å²) >= 11 is 0. The largest absolute Gasteiger partial charge is 0.355 e. The Hall–Kier alpha value is -1.35. The Bertz CT molecular complexity index is 351. The first-order valence-electron chi connectivity index (χ1n) is 7.21. The van der Waals surface area contributed by atoms with E-state index < -0.39 is 0 Å². The normalized spacial score (nSPS) is 10.7. The van der Waals surface area contributed by atoms with Gasteiger partial charge in [0.1, 0.15) is 0 Å². The van der Waals surface area contributed by atoms with Crippen LogP contribution in [-0.2, 0) is 11.2 Å². The van der Waals surface area contributed by atoms with Crippen molar-refractivity contribution in [2.45, 2.75) is 32.6 Å². The van der Waals surface area contributed by atoms with Crippen molar-refractivity contribution in [2.24, 2.45) is 0 Å². The number of nitrogens with zero attached hydrogens (tertiary/aromatic N) is 1. The minimum atomic E-state index is 0.131. The molecule has 1 aromatic rings. The maximum absolute atomic E-state index is 11.7. The van der Waals surface area contributed by atoms with E-state index in [2.05, 4.69) is 41.4 Å². The molecule has 0 aromatic heterocycles. The first kappa shape index (κ1) is 15.7. The molecule has 0 fully saturated rings. The highest BCUT2D eigenvalue weighted by Gasteiger charge is 2.04. The summed E-state index contributed by atoms with van der Waals surface area (Å²) in [6.07, 6.45) is 4.34. The van der Waals surface area contributed by atoms with Gasteiger partial charge < -0.3 is 5.32 Å². The number of unbranched alkanes of at least 4 members (excludes halogenated alkanes) is 1. The number of carbonyl (C=O) groups excluding carboxylic acids is 1. The molecule has 0 saturated heterocycles. The molecular formula is C16H26N2O. The fourth-order valence-corrected chi connectivity index (χ4v) is 1.97. The zero-order valence-corrected chi connectivity index (χ0v) is 12.2. The molecular weight excluding hydrogens is 236 g/mol. The van der Waals surface area contributed by atoms with Gasteiger partial charge in [0.25, 0.3) is 0 Å². The van der Waals surface area contributed by atoms with Crippen LogP contribution < -0.4 is 5.32 Å². The molecule has 3 heteroatoms. The molecule has 0 unspecified atom stereocenters. The zero-order chi connectivity index (χ0) is 13.9. The van der Waals surface area contributed by atoms with Gasteiger partial charge in [-0.25, -0.2) is 0 Å². The van der Waals surface area contributed by atoms with Gasteiger partial charge in [-0.1, -0.05) is 43.7 Å². The average Bonchev–Trinajstić information content (AvgIpc) is 2.42. The standard InChI is InChI=1S/C16H26N2O/c1-3-4-13-18(2)14-16(19)17-12-8-11-15-9-6-5-7-10-15/h5-7,9-10H,3-4,8,11-14H2,1-2H3,(H,17,19). The zero-order valence-electron chi connectivity index (χ0n) is 12.2. The molecule has 0 spiro atoms. The van der Waals surface area contributed by atoms with Crippen LogP contribution in [0.15, 0.2) is 30.3 Å². The number of carbonyl (C=O) groups is 1. The van der Waals surface area contributed by atoms with Crippen molar-refractivity contribution in [3.63, 3.8) is 0 Å². The number of nitrogens with one attached hydrogen (secondary N) is 1. The van der Waals surface area contributed by atoms with E-state index in [9.17, 15) is 4.79 Å². The van der Waals surface area contributed by atoms with Gasteiger partial charge >= 0.3 is 0 Å². The predicted octanol–water partition coefficient (Wildman–Crippen LogP) is 2.47. The van der Waals surface area contributed by atoms with Gasteiger partial charge in [-0.2, -0.15) is 0 Å². The Balaban J connectivity index is 2.07. The molecule has 1 amide bonds. The van der Waals surface area contributed by atoms with Crippen molar-refractivity contribution < 1.29 is 4.79 Å². The Labute approximate surface area is 117 Å². The van der Waals surface area contributed by atoms with Crippen LogP contribution in [0.4, 0.5) is 0 Å². The maximum atomic E-state index is 11.7. The fraction of sp³-hybridized carbons (Fsp3) is 0.562. The lowest BCUT2D eigenvalue weighted by atomic mass is 10.1. The molecule has 3 nitrogen and oxygen atoms in total. The van der Waals surface area contributed by atoms with E-state index in [1.807, 2.05) is 13.1 Å². The summed E-state index contributed by atoms with van der Waals surface area (Å²) in [5.74, 6) is 0.131. The molecule has 19 heavy (non-hydrogen) atoms. The highest BCUT2D eigenvalue weighted by atomic mass is 16.2. The second-order valence-electron chi connectivity index (χ2n) is 5.03. The average molecular weight is 262 g/mol. The molecule has 0 atom stereocenters. The minimum Gasteiger partial charge on any atom is -0.355 e. The number of amides is 1. The molecule has 0 heterocycles. The second-order valence-corrected chi connectivity index (χ2v) is 5.03. The maximum Gasteiger partial charge on any atom is 0.234 e. The van der Waals surface area contributed by atoms with Crippen LogP contribution in [0.25, 0.3) is 0 Å². The van der Waals surface area contributed by atoms with Crippen molar-refractivity contribution in [3.8, 4) is 0 Å². The number of hydrogen-bond donors (Lipinski definition) is 1. The lowest BCUT2D eigenvalue weighted by molar-refractivity contribution is -0.121. The van der Waals surface area contributed by atoms with Crippen LogP contribution in [-0.4, -0.2) is 37.5 Å². The topological polar surface area (TPSA) is 32.3 Å². The lowest BCUT2D eigenvalue weighted by Gasteiger charge is -2.15. The van der Waals surface area contributed by atoms with Crippen molar-refractivity contribution >= 4 is 5.91 Å². The third kappa shape index (κ3) is 7.62. The van der Waals surface area contributed by atoms with Gasteiger partial charge in [0, 0.05) is 6.54 Å². The van der Waals surface area contributed by atoms with Crippen LogP contribution in [0.1, 0.15) is 31.7 Å². The first-order valence-corrected chi connectivity index (χ1v) is 7.21. The van der Waals surface area contributed by atoms with Crippen LogP contribution in [0, 0.1) is 0 Å². The first-order chi connectivity index (χ1) is 9.22. The Morgan fingerprint density at radius 3 is 2.63 bits per heavy atom. The van der Waals surface area contributed by atoms with Crippen LogP contribution in [0.2, 0.25) is 0 Å². The van der Waals surface area contributed by atoms with E-state index in [1.54, 1.807) is 0 Å². The SMILES string of the molecule is CCCCN(C)CC(=O)NCCCc1ccccc1. The summed E-state index contributed by atoms with van der Waals surface area (Å²) in [6, 6.07) is 10.4.